The van der Waals surface area contributed by atoms with Gasteiger partial charge in [-0.3, -0.25) is 9.59 Å². The van der Waals surface area contributed by atoms with Crippen LogP contribution in [0.3, 0.4) is 0 Å². The highest BCUT2D eigenvalue weighted by molar-refractivity contribution is 5.86. The molecule has 4 heteroatoms. The van der Waals surface area contributed by atoms with E-state index >= 15 is 0 Å². The summed E-state index contributed by atoms with van der Waals surface area (Å²) in [5, 5.41) is 12.6. The SMILES string of the molecule is Cc1ccc([C@H](C)NC(=O)[C@@H]2[C@H]3CC[C@@H](C3)[C@H]2C(=O)O)c(C)c1. The molecule has 5 atom stereocenters. The summed E-state index contributed by atoms with van der Waals surface area (Å²) in [7, 11) is 0. The monoisotopic (exact) mass is 315 g/mol. The molecule has 4 nitrogen and oxygen atoms in total. The van der Waals surface area contributed by atoms with Crippen LogP contribution in [0.4, 0.5) is 0 Å². The number of rotatable bonds is 4. The smallest absolute Gasteiger partial charge is 0.307 e. The third-order valence-corrected chi connectivity index (χ3v) is 5.75. The molecule has 1 aromatic rings. The highest BCUT2D eigenvalue weighted by Crippen LogP contribution is 2.52. The van der Waals surface area contributed by atoms with Gasteiger partial charge in [0, 0.05) is 0 Å². The summed E-state index contributed by atoms with van der Waals surface area (Å²) >= 11 is 0. The third kappa shape index (κ3) is 2.87. The average Bonchev–Trinajstić information content (AvgIpc) is 3.07. The maximum Gasteiger partial charge on any atom is 0.307 e. The van der Waals surface area contributed by atoms with Crippen molar-refractivity contribution in [2.45, 2.75) is 46.1 Å². The van der Waals surface area contributed by atoms with Crippen LogP contribution in [0.2, 0.25) is 0 Å². The largest absolute Gasteiger partial charge is 0.481 e. The predicted octanol–water partition coefficient (Wildman–Crippen LogP) is 3.23. The molecule has 0 saturated heterocycles. The van der Waals surface area contributed by atoms with E-state index in [0.717, 1.165) is 30.4 Å². The van der Waals surface area contributed by atoms with Gasteiger partial charge in [-0.15, -0.1) is 0 Å². The fraction of sp³-hybridized carbons (Fsp3) is 0.579. The second-order valence-electron chi connectivity index (χ2n) is 7.31. The molecule has 2 aliphatic rings. The van der Waals surface area contributed by atoms with E-state index in [9.17, 15) is 14.7 Å². The number of carboxylic acid groups (broad SMARTS) is 1. The van der Waals surface area contributed by atoms with Crippen LogP contribution >= 0.6 is 0 Å². The first-order valence-electron chi connectivity index (χ1n) is 8.48. The maximum absolute atomic E-state index is 12.7. The van der Waals surface area contributed by atoms with Gasteiger partial charge in [-0.05, 0) is 63.0 Å². The van der Waals surface area contributed by atoms with E-state index in [4.69, 9.17) is 0 Å². The van der Waals surface area contributed by atoms with Crippen LogP contribution < -0.4 is 5.32 Å². The Kier molecular flexibility index (Phi) is 4.17. The summed E-state index contributed by atoms with van der Waals surface area (Å²) in [6, 6.07) is 6.10. The van der Waals surface area contributed by atoms with Gasteiger partial charge in [0.1, 0.15) is 0 Å². The van der Waals surface area contributed by atoms with Gasteiger partial charge in [-0.1, -0.05) is 23.8 Å². The van der Waals surface area contributed by atoms with E-state index in [2.05, 4.69) is 11.4 Å². The Morgan fingerprint density at radius 1 is 1.17 bits per heavy atom. The van der Waals surface area contributed by atoms with E-state index in [1.54, 1.807) is 0 Å². The van der Waals surface area contributed by atoms with Crippen LogP contribution in [0.15, 0.2) is 18.2 Å². The number of carbonyl (C=O) groups is 2. The number of aliphatic carboxylic acids is 1. The zero-order valence-corrected chi connectivity index (χ0v) is 14.0. The first kappa shape index (κ1) is 16.0. The highest BCUT2D eigenvalue weighted by atomic mass is 16.4. The number of hydrogen-bond acceptors (Lipinski definition) is 2. The zero-order valence-electron chi connectivity index (χ0n) is 14.0. The van der Waals surface area contributed by atoms with Crippen molar-refractivity contribution >= 4 is 11.9 Å². The number of fused-ring (bicyclic) bond motifs is 2. The van der Waals surface area contributed by atoms with E-state index in [1.165, 1.54) is 5.56 Å². The lowest BCUT2D eigenvalue weighted by molar-refractivity contribution is -0.149. The molecule has 0 aliphatic heterocycles. The van der Waals surface area contributed by atoms with E-state index in [0.29, 0.717) is 0 Å². The topological polar surface area (TPSA) is 66.4 Å². The van der Waals surface area contributed by atoms with Gasteiger partial charge in [-0.25, -0.2) is 0 Å². The van der Waals surface area contributed by atoms with Gasteiger partial charge >= 0.3 is 5.97 Å². The Morgan fingerprint density at radius 2 is 1.83 bits per heavy atom. The minimum atomic E-state index is -0.809. The van der Waals surface area contributed by atoms with Crippen LogP contribution in [0.1, 0.15) is 48.9 Å². The van der Waals surface area contributed by atoms with Gasteiger partial charge < -0.3 is 10.4 Å². The standard InChI is InChI=1S/C19H25NO3/c1-10-4-7-15(11(2)8-10)12(3)20-18(21)16-13-5-6-14(9-13)17(16)19(22)23/h4,7-8,12-14,16-17H,5-6,9H2,1-3H3,(H,20,21)(H,22,23)/t12-,13-,14-,16+,17+/m0/s1. The van der Waals surface area contributed by atoms with Crippen molar-refractivity contribution in [3.05, 3.63) is 34.9 Å². The fourth-order valence-corrected chi connectivity index (χ4v) is 4.72. The molecule has 23 heavy (non-hydrogen) atoms. The van der Waals surface area contributed by atoms with Crippen LogP contribution in [0.5, 0.6) is 0 Å². The van der Waals surface area contributed by atoms with Crippen molar-refractivity contribution in [1.82, 2.24) is 5.32 Å². The average molecular weight is 315 g/mol. The number of carboxylic acids is 1. The summed E-state index contributed by atoms with van der Waals surface area (Å²) < 4.78 is 0. The Hall–Kier alpha value is -1.84. The minimum absolute atomic E-state index is 0.0860. The van der Waals surface area contributed by atoms with Crippen LogP contribution in [0.25, 0.3) is 0 Å². The van der Waals surface area contributed by atoms with Crippen molar-refractivity contribution in [2.75, 3.05) is 0 Å². The molecule has 124 valence electrons. The van der Waals surface area contributed by atoms with Gasteiger partial charge in [0.25, 0.3) is 0 Å². The molecule has 2 fully saturated rings. The van der Waals surface area contributed by atoms with Crippen molar-refractivity contribution in [1.29, 1.82) is 0 Å². The first-order valence-corrected chi connectivity index (χ1v) is 8.48. The Morgan fingerprint density at radius 3 is 2.43 bits per heavy atom. The molecule has 0 radical (unpaired) electrons. The van der Waals surface area contributed by atoms with Gasteiger partial charge in [0.05, 0.1) is 17.9 Å². The van der Waals surface area contributed by atoms with Crippen molar-refractivity contribution in [3.63, 3.8) is 0 Å². The molecule has 0 heterocycles. The minimum Gasteiger partial charge on any atom is -0.481 e. The third-order valence-electron chi connectivity index (χ3n) is 5.75. The molecule has 2 saturated carbocycles. The predicted molar refractivity (Wildman–Crippen MR) is 87.9 cm³/mol. The Balaban J connectivity index is 1.74. The fourth-order valence-electron chi connectivity index (χ4n) is 4.72. The second-order valence-corrected chi connectivity index (χ2v) is 7.31. The molecule has 0 aromatic heterocycles. The molecule has 2 N–H and O–H groups in total. The highest BCUT2D eigenvalue weighted by Gasteiger charge is 2.54. The number of nitrogens with one attached hydrogen (secondary N) is 1. The summed E-state index contributed by atoms with van der Waals surface area (Å²) in [6.07, 6.45) is 2.84. The van der Waals surface area contributed by atoms with Crippen LogP contribution in [-0.2, 0) is 9.59 Å². The molecular formula is C19H25NO3. The van der Waals surface area contributed by atoms with Gasteiger partial charge in [0.2, 0.25) is 5.91 Å². The van der Waals surface area contributed by atoms with Crippen molar-refractivity contribution in [2.24, 2.45) is 23.7 Å². The maximum atomic E-state index is 12.7. The Bertz CT molecular complexity index is 640. The summed E-state index contributed by atoms with van der Waals surface area (Å²) in [6.45, 7) is 6.06. The number of aryl methyl sites for hydroxylation is 2. The second kappa shape index (κ2) is 5.99. The van der Waals surface area contributed by atoms with Crippen molar-refractivity contribution in [3.8, 4) is 0 Å². The van der Waals surface area contributed by atoms with Crippen LogP contribution in [0, 0.1) is 37.5 Å². The van der Waals surface area contributed by atoms with E-state index < -0.39 is 11.9 Å². The summed E-state index contributed by atoms with van der Waals surface area (Å²) in [4.78, 5) is 24.3. The van der Waals surface area contributed by atoms with E-state index in [-0.39, 0.29) is 29.7 Å². The molecule has 0 unspecified atom stereocenters. The summed E-state index contributed by atoms with van der Waals surface area (Å²) in [5.74, 6) is -1.33. The van der Waals surface area contributed by atoms with Gasteiger partial charge in [0.15, 0.2) is 0 Å². The van der Waals surface area contributed by atoms with Gasteiger partial charge in [-0.2, -0.15) is 0 Å². The zero-order chi connectivity index (χ0) is 16.7. The number of hydrogen-bond donors (Lipinski definition) is 2. The number of amides is 1. The number of benzene rings is 1. The quantitative estimate of drug-likeness (QED) is 0.896. The number of carbonyl (C=O) groups excluding carboxylic acids is 1. The molecule has 3 rings (SSSR count). The molecule has 1 aromatic carbocycles. The van der Waals surface area contributed by atoms with E-state index in [1.807, 2.05) is 32.9 Å². The lowest BCUT2D eigenvalue weighted by atomic mass is 9.78. The molecular weight excluding hydrogens is 290 g/mol. The normalized spacial score (nSPS) is 30.2. The lowest BCUT2D eigenvalue weighted by Gasteiger charge is -2.28. The van der Waals surface area contributed by atoms with Crippen molar-refractivity contribution < 1.29 is 14.7 Å². The molecule has 2 aliphatic carbocycles. The first-order chi connectivity index (χ1) is 10.9. The molecule has 0 spiro atoms. The lowest BCUT2D eigenvalue weighted by Crippen LogP contribution is -2.42. The van der Waals surface area contributed by atoms with Crippen LogP contribution in [-0.4, -0.2) is 17.0 Å². The molecule has 2 bridgehead atoms. The summed E-state index contributed by atoms with van der Waals surface area (Å²) in [5.41, 5.74) is 3.45. The molecule has 1 amide bonds. The Labute approximate surface area is 137 Å².